The van der Waals surface area contributed by atoms with Crippen LogP contribution in [0, 0.1) is 19.3 Å². The monoisotopic (exact) mass is 115 g/mol. The molecule has 0 aliphatic heterocycles. The van der Waals surface area contributed by atoms with Gasteiger partial charge in [-0.2, -0.15) is 0 Å². The normalized spacial score (nSPS) is 8.44. The maximum Gasteiger partial charge on any atom is 0.0242 e. The number of terminal acetylenes is 1. The van der Waals surface area contributed by atoms with E-state index in [1.165, 1.54) is 0 Å². The van der Waals surface area contributed by atoms with E-state index in [-0.39, 0.29) is 0 Å². The van der Waals surface area contributed by atoms with Crippen LogP contribution >= 0.6 is 0 Å². The van der Waals surface area contributed by atoms with E-state index in [1.807, 2.05) is 24.3 Å². The SMILES string of the molecule is C#Cc1ccc([CH2])cc1. The summed E-state index contributed by atoms with van der Waals surface area (Å²) in [5.74, 6) is 2.53. The van der Waals surface area contributed by atoms with Crippen molar-refractivity contribution in [3.05, 3.63) is 42.3 Å². The molecule has 1 aromatic rings. The van der Waals surface area contributed by atoms with Crippen molar-refractivity contribution in [1.82, 2.24) is 0 Å². The minimum absolute atomic E-state index is 0.905. The first-order chi connectivity index (χ1) is 4.33. The molecular weight excluding hydrogens is 108 g/mol. The van der Waals surface area contributed by atoms with Crippen molar-refractivity contribution >= 4 is 0 Å². The summed E-state index contributed by atoms with van der Waals surface area (Å²) >= 11 is 0. The van der Waals surface area contributed by atoms with E-state index < -0.39 is 0 Å². The second-order valence-corrected chi connectivity index (χ2v) is 1.84. The minimum atomic E-state index is 0.905. The van der Waals surface area contributed by atoms with Crippen molar-refractivity contribution in [2.75, 3.05) is 0 Å². The molecule has 0 aliphatic carbocycles. The summed E-state index contributed by atoms with van der Waals surface area (Å²) in [6, 6.07) is 7.55. The van der Waals surface area contributed by atoms with E-state index in [1.54, 1.807) is 0 Å². The van der Waals surface area contributed by atoms with Gasteiger partial charge in [-0.25, -0.2) is 0 Å². The molecule has 0 fully saturated rings. The van der Waals surface area contributed by atoms with Crippen LogP contribution in [0.5, 0.6) is 0 Å². The van der Waals surface area contributed by atoms with Crippen molar-refractivity contribution in [2.24, 2.45) is 0 Å². The quantitative estimate of drug-likeness (QED) is 0.453. The molecule has 0 bridgehead atoms. The molecule has 0 aliphatic rings. The maximum atomic E-state index is 5.13. The van der Waals surface area contributed by atoms with Crippen LogP contribution in [0.25, 0.3) is 0 Å². The molecule has 0 heterocycles. The molecule has 0 saturated heterocycles. The van der Waals surface area contributed by atoms with Gasteiger partial charge < -0.3 is 0 Å². The van der Waals surface area contributed by atoms with Gasteiger partial charge in [-0.15, -0.1) is 6.42 Å². The molecule has 0 amide bonds. The van der Waals surface area contributed by atoms with Gasteiger partial charge in [-0.1, -0.05) is 18.1 Å². The van der Waals surface area contributed by atoms with E-state index >= 15 is 0 Å². The van der Waals surface area contributed by atoms with E-state index in [0.29, 0.717) is 0 Å². The first-order valence-corrected chi connectivity index (χ1v) is 2.71. The summed E-state index contributed by atoms with van der Waals surface area (Å²) in [6.45, 7) is 3.73. The fraction of sp³-hybridized carbons (Fsp3) is 0. The van der Waals surface area contributed by atoms with Crippen LogP contribution in [0.15, 0.2) is 24.3 Å². The fourth-order valence-corrected chi connectivity index (χ4v) is 0.601. The molecule has 1 radical (unpaired) electrons. The van der Waals surface area contributed by atoms with Gasteiger partial charge in [-0.3, -0.25) is 0 Å². The van der Waals surface area contributed by atoms with Gasteiger partial charge in [0.1, 0.15) is 0 Å². The zero-order chi connectivity index (χ0) is 6.69. The lowest BCUT2D eigenvalue weighted by Gasteiger charge is -1.89. The number of rotatable bonds is 0. The predicted octanol–water partition coefficient (Wildman–Crippen LogP) is 1.85. The van der Waals surface area contributed by atoms with Gasteiger partial charge in [0.25, 0.3) is 0 Å². The van der Waals surface area contributed by atoms with Gasteiger partial charge in [0.15, 0.2) is 0 Å². The third kappa shape index (κ3) is 1.33. The van der Waals surface area contributed by atoms with Gasteiger partial charge >= 0.3 is 0 Å². The lowest BCUT2D eigenvalue weighted by molar-refractivity contribution is 1.58. The van der Waals surface area contributed by atoms with E-state index in [2.05, 4.69) is 12.8 Å². The van der Waals surface area contributed by atoms with Crippen molar-refractivity contribution < 1.29 is 0 Å². The summed E-state index contributed by atoms with van der Waals surface area (Å²) in [5, 5.41) is 0. The number of hydrogen-bond donors (Lipinski definition) is 0. The summed E-state index contributed by atoms with van der Waals surface area (Å²) in [4.78, 5) is 0. The van der Waals surface area contributed by atoms with Gasteiger partial charge in [-0.05, 0) is 24.6 Å². The topological polar surface area (TPSA) is 0 Å². The second-order valence-electron chi connectivity index (χ2n) is 1.84. The highest BCUT2D eigenvalue weighted by Gasteiger charge is 1.82. The Morgan fingerprint density at radius 2 is 1.78 bits per heavy atom. The first kappa shape index (κ1) is 5.91. The molecule has 0 N–H and O–H groups in total. The Morgan fingerprint density at radius 3 is 2.22 bits per heavy atom. The highest BCUT2D eigenvalue weighted by atomic mass is 13.9. The highest BCUT2D eigenvalue weighted by molar-refractivity contribution is 5.34. The zero-order valence-electron chi connectivity index (χ0n) is 5.09. The molecular formula is C9H7. The van der Waals surface area contributed by atoms with Gasteiger partial charge in [0.05, 0.1) is 0 Å². The molecule has 43 valence electrons. The average molecular weight is 115 g/mol. The Kier molecular flexibility index (Phi) is 1.55. The van der Waals surface area contributed by atoms with E-state index in [0.717, 1.165) is 11.1 Å². The third-order valence-corrected chi connectivity index (χ3v) is 1.12. The fourth-order valence-electron chi connectivity index (χ4n) is 0.601. The third-order valence-electron chi connectivity index (χ3n) is 1.12. The molecule has 9 heavy (non-hydrogen) atoms. The Balaban J connectivity index is 3.06. The van der Waals surface area contributed by atoms with E-state index in [9.17, 15) is 0 Å². The number of hydrogen-bond acceptors (Lipinski definition) is 0. The van der Waals surface area contributed by atoms with Crippen molar-refractivity contribution in [1.29, 1.82) is 0 Å². The van der Waals surface area contributed by atoms with E-state index in [4.69, 9.17) is 6.42 Å². The van der Waals surface area contributed by atoms with Crippen LogP contribution in [-0.2, 0) is 0 Å². The maximum absolute atomic E-state index is 5.13. The molecule has 1 rings (SSSR count). The zero-order valence-corrected chi connectivity index (χ0v) is 5.09. The molecule has 0 nitrogen and oxygen atoms in total. The molecule has 0 heteroatoms. The molecule has 0 atom stereocenters. The number of benzene rings is 1. The van der Waals surface area contributed by atoms with Crippen LogP contribution in [0.4, 0.5) is 0 Å². The van der Waals surface area contributed by atoms with Crippen LogP contribution in [0.3, 0.4) is 0 Å². The molecule has 0 spiro atoms. The molecule has 0 aromatic heterocycles. The molecule has 1 aromatic carbocycles. The largest absolute Gasteiger partial charge is 0.115 e. The Bertz CT molecular complexity index is 223. The van der Waals surface area contributed by atoms with Crippen molar-refractivity contribution in [3.63, 3.8) is 0 Å². The smallest absolute Gasteiger partial charge is 0.0242 e. The second kappa shape index (κ2) is 2.37. The lowest BCUT2D eigenvalue weighted by atomic mass is 10.2. The van der Waals surface area contributed by atoms with Gasteiger partial charge in [0.2, 0.25) is 0 Å². The minimum Gasteiger partial charge on any atom is -0.115 e. The molecule has 0 unspecified atom stereocenters. The Morgan fingerprint density at radius 1 is 1.22 bits per heavy atom. The average Bonchev–Trinajstić information content (AvgIpc) is 1.90. The van der Waals surface area contributed by atoms with Crippen molar-refractivity contribution in [2.45, 2.75) is 0 Å². The Labute approximate surface area is 55.5 Å². The van der Waals surface area contributed by atoms with Gasteiger partial charge in [0, 0.05) is 5.56 Å². The highest BCUT2D eigenvalue weighted by Crippen LogP contribution is 1.99. The first-order valence-electron chi connectivity index (χ1n) is 2.71. The van der Waals surface area contributed by atoms with Crippen LogP contribution in [-0.4, -0.2) is 0 Å². The van der Waals surface area contributed by atoms with Crippen molar-refractivity contribution in [3.8, 4) is 12.3 Å². The predicted molar refractivity (Wildman–Crippen MR) is 38.8 cm³/mol. The summed E-state index contributed by atoms with van der Waals surface area (Å²) < 4.78 is 0. The van der Waals surface area contributed by atoms with Crippen LogP contribution < -0.4 is 0 Å². The molecule has 0 saturated carbocycles. The Hall–Kier alpha value is -1.22. The standard InChI is InChI=1S/C9H7/c1-3-9-6-4-8(2)5-7-9/h1,4-7H,2H2. The summed E-state index contributed by atoms with van der Waals surface area (Å²) in [5.41, 5.74) is 1.90. The summed E-state index contributed by atoms with van der Waals surface area (Å²) in [7, 11) is 0. The van der Waals surface area contributed by atoms with Crippen LogP contribution in [0.2, 0.25) is 0 Å². The van der Waals surface area contributed by atoms with Crippen LogP contribution in [0.1, 0.15) is 11.1 Å². The lowest BCUT2D eigenvalue weighted by Crippen LogP contribution is -1.72. The summed E-state index contributed by atoms with van der Waals surface area (Å²) in [6.07, 6.45) is 5.13.